The first-order valence-corrected chi connectivity index (χ1v) is 16.7. The lowest BCUT2D eigenvalue weighted by atomic mass is 9.63. The maximum Gasteiger partial charge on any atom is 0.186 e. The van der Waals surface area contributed by atoms with Crippen molar-refractivity contribution in [3.05, 3.63) is 50.4 Å². The Morgan fingerprint density at radius 3 is 2.82 bits per heavy atom. The van der Waals surface area contributed by atoms with Gasteiger partial charge in [0, 0.05) is 16.5 Å². The fourth-order valence-electron chi connectivity index (χ4n) is 8.02. The number of aromatic nitrogens is 7. The standard InChI is InChI=1S/C31H33ClN10O2S/c1-16(22-7-5-11-40(22)2)42-30-19(13-35-42)29(41-14-20(32)21(15-43)38-41)36-28(37-30)25-17-6-3-9-31(26(17)44-39-25)10-4-8-23-24(31)18(12-33)27(34)45-23/h13-14,16,22,43H,3-11,15,34H2,1-2H3/t16-,22-,31-/m0/s1. The van der Waals surface area contributed by atoms with Gasteiger partial charge in [-0.05, 0) is 77.4 Å². The SMILES string of the molecule is C[C@@H]([C@@H]1CCCN1C)n1ncc2c(-n3cc(Cl)c(CO)n3)nc(-c3noc4c3CCC[C@@]43CCCc4sc(N)c(C#N)c43)nc21. The second-order valence-electron chi connectivity index (χ2n) is 12.5. The molecule has 0 unspecified atom stereocenters. The largest absolute Gasteiger partial charge is 0.390 e. The molecule has 12 nitrogen and oxygen atoms in total. The zero-order valence-corrected chi connectivity index (χ0v) is 26.7. The van der Waals surface area contributed by atoms with Crippen LogP contribution in [0.3, 0.4) is 0 Å². The second kappa shape index (κ2) is 10.6. The minimum atomic E-state index is -0.451. The number of halogens is 1. The lowest BCUT2D eigenvalue weighted by Crippen LogP contribution is -2.35. The van der Waals surface area contributed by atoms with E-state index in [2.05, 4.69) is 35.2 Å². The highest BCUT2D eigenvalue weighted by Gasteiger charge is 2.49. The van der Waals surface area contributed by atoms with Crippen molar-refractivity contribution in [2.24, 2.45) is 0 Å². The summed E-state index contributed by atoms with van der Waals surface area (Å²) < 4.78 is 9.83. The van der Waals surface area contributed by atoms with Crippen LogP contribution in [0.5, 0.6) is 0 Å². The number of aryl methyl sites for hydroxylation is 1. The molecular formula is C31H33ClN10O2S. The Bertz CT molecular complexity index is 2000. The van der Waals surface area contributed by atoms with Gasteiger partial charge in [0.25, 0.3) is 0 Å². The van der Waals surface area contributed by atoms with Crippen molar-refractivity contribution in [2.75, 3.05) is 19.3 Å². The molecule has 5 aromatic heterocycles. The molecule has 5 aromatic rings. The molecule has 3 aliphatic rings. The highest BCUT2D eigenvalue weighted by Crippen LogP contribution is 2.55. The number of aliphatic hydroxyl groups excluding tert-OH is 1. The summed E-state index contributed by atoms with van der Waals surface area (Å²) in [7, 11) is 2.15. The third kappa shape index (κ3) is 4.19. The fraction of sp³-hybridized carbons (Fsp3) is 0.484. The highest BCUT2D eigenvalue weighted by molar-refractivity contribution is 7.16. The van der Waals surface area contributed by atoms with Gasteiger partial charge in [0.2, 0.25) is 0 Å². The van der Waals surface area contributed by atoms with Crippen LogP contribution >= 0.6 is 22.9 Å². The molecule has 0 amide bonds. The molecule has 0 radical (unpaired) electrons. The van der Waals surface area contributed by atoms with E-state index in [1.165, 1.54) is 16.2 Å². The molecule has 1 spiro atoms. The van der Waals surface area contributed by atoms with Gasteiger partial charge in [-0.15, -0.1) is 11.3 Å². The van der Waals surface area contributed by atoms with Crippen LogP contribution in [0.1, 0.15) is 84.5 Å². The lowest BCUT2D eigenvalue weighted by molar-refractivity contribution is 0.232. The zero-order chi connectivity index (χ0) is 31.0. The van der Waals surface area contributed by atoms with E-state index in [1.807, 2.05) is 4.68 Å². The van der Waals surface area contributed by atoms with Crippen LogP contribution < -0.4 is 5.73 Å². The van der Waals surface area contributed by atoms with E-state index in [1.54, 1.807) is 17.1 Å². The van der Waals surface area contributed by atoms with E-state index in [0.29, 0.717) is 55.7 Å². The van der Waals surface area contributed by atoms with Gasteiger partial charge in [-0.3, -0.25) is 0 Å². The molecule has 6 heterocycles. The number of anilines is 1. The minimum absolute atomic E-state index is 0.0587. The predicted molar refractivity (Wildman–Crippen MR) is 169 cm³/mol. The molecule has 1 fully saturated rings. The quantitative estimate of drug-likeness (QED) is 0.268. The molecule has 14 heteroatoms. The molecule has 2 aliphatic carbocycles. The molecule has 45 heavy (non-hydrogen) atoms. The second-order valence-corrected chi connectivity index (χ2v) is 14.1. The summed E-state index contributed by atoms with van der Waals surface area (Å²) >= 11 is 7.94. The van der Waals surface area contributed by atoms with Crippen molar-refractivity contribution < 1.29 is 9.63 Å². The Labute approximate surface area is 268 Å². The average Bonchev–Trinajstić information content (AvgIpc) is 3.86. The van der Waals surface area contributed by atoms with Crippen LogP contribution in [0.2, 0.25) is 5.02 Å². The topological polar surface area (TPSA) is 161 Å². The van der Waals surface area contributed by atoms with Crippen molar-refractivity contribution in [1.29, 1.82) is 5.26 Å². The van der Waals surface area contributed by atoms with Crippen molar-refractivity contribution >= 4 is 39.0 Å². The first kappa shape index (κ1) is 28.6. The minimum Gasteiger partial charge on any atom is -0.390 e. The van der Waals surface area contributed by atoms with Crippen LogP contribution in [0.25, 0.3) is 28.4 Å². The van der Waals surface area contributed by atoms with Gasteiger partial charge in [-0.2, -0.15) is 15.5 Å². The monoisotopic (exact) mass is 644 g/mol. The first-order chi connectivity index (χ1) is 21.8. The number of hydrogen-bond acceptors (Lipinski definition) is 11. The summed E-state index contributed by atoms with van der Waals surface area (Å²) in [5.74, 6) is 1.70. The molecule has 8 rings (SSSR count). The average molecular weight is 645 g/mol. The Kier molecular flexibility index (Phi) is 6.76. The van der Waals surface area contributed by atoms with E-state index in [0.717, 1.165) is 74.8 Å². The summed E-state index contributed by atoms with van der Waals surface area (Å²) in [4.78, 5) is 13.7. The smallest absolute Gasteiger partial charge is 0.186 e. The third-order valence-electron chi connectivity index (χ3n) is 10.1. The summed E-state index contributed by atoms with van der Waals surface area (Å²) in [6.07, 6.45) is 10.9. The van der Waals surface area contributed by atoms with Gasteiger partial charge in [0.05, 0.1) is 46.4 Å². The third-order valence-corrected chi connectivity index (χ3v) is 11.5. The number of rotatable bonds is 5. The van der Waals surface area contributed by atoms with Gasteiger partial charge in [0.15, 0.2) is 28.7 Å². The number of likely N-dealkylation sites (N-methyl/N-ethyl adjacent to an activating group) is 1. The van der Waals surface area contributed by atoms with E-state index < -0.39 is 5.41 Å². The summed E-state index contributed by atoms with van der Waals surface area (Å²) in [5.41, 5.74) is 10.1. The van der Waals surface area contributed by atoms with Crippen LogP contribution in [-0.4, -0.2) is 64.3 Å². The summed E-state index contributed by atoms with van der Waals surface area (Å²) in [6.45, 7) is 2.93. The number of aliphatic hydroxyl groups is 1. The van der Waals surface area contributed by atoms with Crippen LogP contribution in [0.15, 0.2) is 16.9 Å². The lowest BCUT2D eigenvalue weighted by Gasteiger charge is -2.39. The Hall–Kier alpha value is -3.83. The van der Waals surface area contributed by atoms with E-state index in [-0.39, 0.29) is 12.6 Å². The molecule has 3 atom stereocenters. The molecule has 1 aliphatic heterocycles. The predicted octanol–water partition coefficient (Wildman–Crippen LogP) is 4.94. The molecule has 3 N–H and O–H groups in total. The highest BCUT2D eigenvalue weighted by atomic mass is 35.5. The van der Waals surface area contributed by atoms with Gasteiger partial charge >= 0.3 is 0 Å². The van der Waals surface area contributed by atoms with Crippen LogP contribution in [-0.2, 0) is 24.9 Å². The summed E-state index contributed by atoms with van der Waals surface area (Å²) in [5, 5.41) is 35.5. The van der Waals surface area contributed by atoms with E-state index in [9.17, 15) is 10.4 Å². The molecule has 0 aromatic carbocycles. The number of nitrogen functional groups attached to an aromatic ring is 1. The Morgan fingerprint density at radius 2 is 2.09 bits per heavy atom. The van der Waals surface area contributed by atoms with Crippen molar-refractivity contribution in [3.63, 3.8) is 0 Å². The molecule has 1 saturated heterocycles. The number of hydrogen-bond donors (Lipinski definition) is 2. The van der Waals surface area contributed by atoms with Crippen molar-refractivity contribution in [1.82, 2.24) is 39.6 Å². The zero-order valence-electron chi connectivity index (χ0n) is 25.1. The van der Waals surface area contributed by atoms with Crippen molar-refractivity contribution in [3.8, 4) is 23.4 Å². The molecular weight excluding hydrogens is 612 g/mol. The Morgan fingerprint density at radius 1 is 1.27 bits per heavy atom. The number of likely N-dealkylation sites (tertiary alicyclic amines) is 1. The summed E-state index contributed by atoms with van der Waals surface area (Å²) in [6, 6.07) is 2.77. The fourth-order valence-corrected chi connectivity index (χ4v) is 9.37. The van der Waals surface area contributed by atoms with E-state index in [4.69, 9.17) is 36.9 Å². The maximum atomic E-state index is 10.1. The van der Waals surface area contributed by atoms with Crippen LogP contribution in [0, 0.1) is 11.3 Å². The van der Waals surface area contributed by atoms with Gasteiger partial charge < -0.3 is 20.3 Å². The molecule has 232 valence electrons. The number of fused-ring (bicyclic) bond motifs is 5. The van der Waals surface area contributed by atoms with Crippen molar-refractivity contribution in [2.45, 2.75) is 82.4 Å². The normalized spacial score (nSPS) is 22.2. The van der Waals surface area contributed by atoms with Gasteiger partial charge in [0.1, 0.15) is 16.8 Å². The molecule has 0 bridgehead atoms. The van der Waals surface area contributed by atoms with Gasteiger partial charge in [-0.1, -0.05) is 16.8 Å². The number of nitrogens with two attached hydrogens (primary N) is 1. The number of thiophene rings is 1. The number of nitrogens with zero attached hydrogens (tertiary/aromatic N) is 9. The molecule has 0 saturated carbocycles. The first-order valence-electron chi connectivity index (χ1n) is 15.5. The number of nitriles is 1. The Balaban J connectivity index is 1.32. The van der Waals surface area contributed by atoms with E-state index >= 15 is 0 Å². The van der Waals surface area contributed by atoms with Gasteiger partial charge in [-0.25, -0.2) is 19.3 Å². The van der Waals surface area contributed by atoms with Crippen LogP contribution in [0.4, 0.5) is 5.00 Å². The maximum absolute atomic E-state index is 10.1.